The number of hydrogen-bond acceptors (Lipinski definition) is 21. The van der Waals surface area contributed by atoms with Gasteiger partial charge in [0.25, 0.3) is 0 Å². The molecule has 4 heterocycles. The van der Waals surface area contributed by atoms with Gasteiger partial charge in [0.05, 0.1) is 26.4 Å². The van der Waals surface area contributed by atoms with Crippen molar-refractivity contribution in [3.05, 3.63) is 0 Å². The molecule has 4 rings (SSSR count). The van der Waals surface area contributed by atoms with Gasteiger partial charge >= 0.3 is 0 Å². The van der Waals surface area contributed by atoms with Crippen LogP contribution in [0.15, 0.2) is 0 Å². The quantitative estimate of drug-likeness (QED) is 0.103. The fourth-order valence-electron chi connectivity index (χ4n) is 5.53. The summed E-state index contributed by atoms with van der Waals surface area (Å²) in [6.45, 7) is -3.44. The van der Waals surface area contributed by atoms with Crippen molar-refractivity contribution in [1.82, 2.24) is 0 Å². The molecule has 0 radical (unpaired) electrons. The van der Waals surface area contributed by atoms with E-state index in [1.807, 2.05) is 0 Å². The topological polar surface area (TPSA) is 348 Å². The first-order chi connectivity index (χ1) is 21.3. The molecule has 21 heteroatoms. The number of rotatable bonds is 10. The molecule has 0 bridgehead atoms. The Morgan fingerprint density at radius 3 is 1.13 bits per heavy atom. The van der Waals surface area contributed by atoms with Gasteiger partial charge in [0.2, 0.25) is 0 Å². The number of aliphatic hydroxyl groups is 14. The molecule has 21 nitrogen and oxygen atoms in total. The maximum atomic E-state index is 11.1. The molecule has 45 heavy (non-hydrogen) atoms. The number of aliphatic hydroxyl groups excluding tert-OH is 14. The minimum atomic E-state index is -2.05. The van der Waals surface area contributed by atoms with Gasteiger partial charge in [0, 0.05) is 0 Å². The Labute approximate surface area is 254 Å². The zero-order chi connectivity index (χ0) is 33.3. The lowest BCUT2D eigenvalue weighted by atomic mass is 9.95. The Morgan fingerprint density at radius 2 is 0.711 bits per heavy atom. The second-order valence-electron chi connectivity index (χ2n) is 11.1. The Hall–Kier alpha value is -0.840. The smallest absolute Gasteiger partial charge is 0.187 e. The molecule has 0 unspecified atom stereocenters. The van der Waals surface area contributed by atoms with Gasteiger partial charge in [-0.25, -0.2) is 0 Å². The van der Waals surface area contributed by atoms with Gasteiger partial charge in [-0.2, -0.15) is 0 Å². The van der Waals surface area contributed by atoms with Gasteiger partial charge in [-0.1, -0.05) is 0 Å². The largest absolute Gasteiger partial charge is 0.394 e. The third kappa shape index (κ3) is 7.44. The van der Waals surface area contributed by atoms with Gasteiger partial charge in [-0.3, -0.25) is 0 Å². The zero-order valence-electron chi connectivity index (χ0n) is 23.5. The van der Waals surface area contributed by atoms with E-state index in [1.54, 1.807) is 0 Å². The molecule has 4 aliphatic heterocycles. The summed E-state index contributed by atoms with van der Waals surface area (Å²) in [7, 11) is 0. The minimum absolute atomic E-state index is 0.813. The summed E-state index contributed by atoms with van der Waals surface area (Å²) in [5.74, 6) is 0. The van der Waals surface area contributed by atoms with Gasteiger partial charge in [-0.05, 0) is 0 Å². The van der Waals surface area contributed by atoms with Crippen molar-refractivity contribution in [3.63, 3.8) is 0 Å². The summed E-state index contributed by atoms with van der Waals surface area (Å²) < 4.78 is 37.7. The lowest BCUT2D eigenvalue weighted by Gasteiger charge is -2.49. The van der Waals surface area contributed by atoms with Crippen LogP contribution >= 0.6 is 0 Å². The maximum absolute atomic E-state index is 11.1. The standard InChI is InChI=1S/C24H42O21/c25-1-5-9(29)12(32)15(35)22(40-5)44-19-10(30)7(3-27)42-24(17(19)37)45-20-11(31)6(2-26)41-23(16(20)36)43-18-8(4-28)39-21(38)14(34)13(18)33/h5-38H,1-4H2/t5-,6-,7-,8-,9+,10+,11+,12+,13-,14-,15+,16-,17-,18-,19+,20+,21+,22-,23+,24-/m1/s1. The fraction of sp³-hybridized carbons (Fsp3) is 1.00. The summed E-state index contributed by atoms with van der Waals surface area (Å²) in [6, 6.07) is 0. The molecule has 0 aromatic heterocycles. The van der Waals surface area contributed by atoms with Crippen molar-refractivity contribution in [1.29, 1.82) is 0 Å². The second kappa shape index (κ2) is 15.6. The molecule has 0 aromatic rings. The molecule has 14 N–H and O–H groups in total. The van der Waals surface area contributed by atoms with Crippen LogP contribution in [0.3, 0.4) is 0 Å². The van der Waals surface area contributed by atoms with Gasteiger partial charge < -0.3 is 105 Å². The number of ether oxygens (including phenoxy) is 7. The molecule has 264 valence electrons. The molecular formula is C24H42O21. The average molecular weight is 667 g/mol. The van der Waals surface area contributed by atoms with Crippen LogP contribution in [0, 0.1) is 0 Å². The molecule has 20 atom stereocenters. The van der Waals surface area contributed by atoms with Crippen molar-refractivity contribution in [2.24, 2.45) is 0 Å². The van der Waals surface area contributed by atoms with Crippen LogP contribution in [-0.2, 0) is 33.2 Å². The van der Waals surface area contributed by atoms with Gasteiger partial charge in [0.15, 0.2) is 25.2 Å². The highest BCUT2D eigenvalue weighted by molar-refractivity contribution is 4.97. The molecular weight excluding hydrogens is 624 g/mol. The predicted octanol–water partition coefficient (Wildman–Crippen LogP) is -9.75. The van der Waals surface area contributed by atoms with E-state index >= 15 is 0 Å². The Bertz CT molecular complexity index is 914. The van der Waals surface area contributed by atoms with Crippen LogP contribution in [0.2, 0.25) is 0 Å². The van der Waals surface area contributed by atoms with Crippen molar-refractivity contribution < 1.29 is 105 Å². The highest BCUT2D eigenvalue weighted by Gasteiger charge is 2.55. The summed E-state index contributed by atoms with van der Waals surface area (Å²) >= 11 is 0. The van der Waals surface area contributed by atoms with E-state index in [-0.39, 0.29) is 0 Å². The van der Waals surface area contributed by atoms with E-state index in [0.717, 1.165) is 0 Å². The van der Waals surface area contributed by atoms with Crippen LogP contribution in [0.25, 0.3) is 0 Å². The summed E-state index contributed by atoms with van der Waals surface area (Å²) in [6.07, 6.45) is -36.0. The first kappa shape index (κ1) is 37.0. The van der Waals surface area contributed by atoms with Crippen molar-refractivity contribution in [2.75, 3.05) is 26.4 Å². The Kier molecular flexibility index (Phi) is 12.8. The lowest BCUT2D eigenvalue weighted by Crippen LogP contribution is -2.67. The van der Waals surface area contributed by atoms with E-state index < -0.39 is 149 Å². The highest BCUT2D eigenvalue weighted by Crippen LogP contribution is 2.34. The SMILES string of the molecule is OC[C@H]1O[C@H](O[C@H]2[C@@H](O)[C@@H](CO)O[C@H](O[C@H]3[C@@H](O)[C@@H](CO)O[C@@H](O[C@H]4[C@H](O)[C@@H](O)[C@@H](O)O[C@@H]4CO)[C@@H]3O)[C@@H]2O)[C@@H](O)[C@@H](O)[C@H]1O. The first-order valence-electron chi connectivity index (χ1n) is 14.1. The van der Waals surface area contributed by atoms with E-state index in [4.69, 9.17) is 33.2 Å². The zero-order valence-corrected chi connectivity index (χ0v) is 23.5. The van der Waals surface area contributed by atoms with Crippen molar-refractivity contribution in [2.45, 2.75) is 123 Å². The third-order valence-corrected chi connectivity index (χ3v) is 8.21. The molecule has 4 aliphatic rings. The molecule has 0 saturated carbocycles. The van der Waals surface area contributed by atoms with Crippen molar-refractivity contribution >= 4 is 0 Å². The third-order valence-electron chi connectivity index (χ3n) is 8.21. The van der Waals surface area contributed by atoms with Gasteiger partial charge in [-0.15, -0.1) is 0 Å². The summed E-state index contributed by atoms with van der Waals surface area (Å²) in [4.78, 5) is 0. The Balaban J connectivity index is 1.53. The van der Waals surface area contributed by atoms with Crippen LogP contribution in [0.4, 0.5) is 0 Å². The van der Waals surface area contributed by atoms with Crippen LogP contribution in [0.5, 0.6) is 0 Å². The van der Waals surface area contributed by atoms with Crippen LogP contribution < -0.4 is 0 Å². The number of hydrogen-bond donors (Lipinski definition) is 14. The molecule has 0 spiro atoms. The second-order valence-corrected chi connectivity index (χ2v) is 11.1. The van der Waals surface area contributed by atoms with E-state index in [9.17, 15) is 71.5 Å². The van der Waals surface area contributed by atoms with Gasteiger partial charge in [0.1, 0.15) is 97.7 Å². The lowest BCUT2D eigenvalue weighted by molar-refractivity contribution is -0.389. The van der Waals surface area contributed by atoms with E-state index in [1.165, 1.54) is 0 Å². The first-order valence-corrected chi connectivity index (χ1v) is 14.1. The minimum Gasteiger partial charge on any atom is -0.394 e. The van der Waals surface area contributed by atoms with Crippen LogP contribution in [0.1, 0.15) is 0 Å². The highest BCUT2D eigenvalue weighted by atomic mass is 16.8. The molecule has 0 aromatic carbocycles. The average Bonchev–Trinajstić information content (AvgIpc) is 3.03. The maximum Gasteiger partial charge on any atom is 0.187 e. The van der Waals surface area contributed by atoms with Crippen LogP contribution in [-0.4, -0.2) is 221 Å². The molecule has 0 amide bonds. The van der Waals surface area contributed by atoms with E-state index in [2.05, 4.69) is 0 Å². The molecule has 4 saturated heterocycles. The molecule has 4 fully saturated rings. The predicted molar refractivity (Wildman–Crippen MR) is 134 cm³/mol. The fourth-order valence-corrected chi connectivity index (χ4v) is 5.53. The normalized spacial score (nSPS) is 52.9. The van der Waals surface area contributed by atoms with Crippen molar-refractivity contribution in [3.8, 4) is 0 Å². The Morgan fingerprint density at radius 1 is 0.333 bits per heavy atom. The van der Waals surface area contributed by atoms with E-state index in [0.29, 0.717) is 0 Å². The summed E-state index contributed by atoms with van der Waals surface area (Å²) in [5, 5.41) is 143. The monoisotopic (exact) mass is 666 g/mol. The summed E-state index contributed by atoms with van der Waals surface area (Å²) in [5.41, 5.74) is 0. The molecule has 0 aliphatic carbocycles.